The van der Waals surface area contributed by atoms with Crippen LogP contribution < -0.4 is 5.46 Å². The van der Waals surface area contributed by atoms with Gasteiger partial charge >= 0.3 is 7.12 Å². The summed E-state index contributed by atoms with van der Waals surface area (Å²) in [7, 11) is -0.247. The highest BCUT2D eigenvalue weighted by Gasteiger charge is 2.51. The Balaban J connectivity index is 1.84. The van der Waals surface area contributed by atoms with Crippen LogP contribution in [0.5, 0.6) is 0 Å². The maximum Gasteiger partial charge on any atom is 0.494 e. The third-order valence-corrected chi connectivity index (χ3v) is 6.71. The summed E-state index contributed by atoms with van der Waals surface area (Å²) in [5.74, 6) is 0.721. The molecule has 1 aromatic carbocycles. The van der Waals surface area contributed by atoms with E-state index in [-0.39, 0.29) is 18.3 Å². The van der Waals surface area contributed by atoms with E-state index in [1.807, 2.05) is 0 Å². The molecule has 0 saturated carbocycles. The van der Waals surface area contributed by atoms with Gasteiger partial charge in [0.1, 0.15) is 0 Å². The molecule has 1 atom stereocenters. The van der Waals surface area contributed by atoms with Crippen LogP contribution in [0.4, 0.5) is 0 Å². The molecule has 1 aliphatic carbocycles. The van der Waals surface area contributed by atoms with Crippen molar-refractivity contribution in [2.75, 3.05) is 0 Å². The van der Waals surface area contributed by atoms with Crippen LogP contribution in [0.1, 0.15) is 66.0 Å². The maximum atomic E-state index is 6.20. The van der Waals surface area contributed by atoms with Gasteiger partial charge < -0.3 is 9.31 Å². The van der Waals surface area contributed by atoms with Crippen LogP contribution in [0.15, 0.2) is 18.2 Å². The average molecular weight is 314 g/mol. The first kappa shape index (κ1) is 17.0. The lowest BCUT2D eigenvalue weighted by Gasteiger charge is -2.38. The van der Waals surface area contributed by atoms with Crippen LogP contribution in [0.3, 0.4) is 0 Å². The standard InChI is InChI=1S/C20H31BO2/c1-14(2)20(7)11-10-15-12-17(9-8-16(15)13-20)21-22-18(3,4)19(5,6)23-21/h8-9,12,14H,10-11,13H2,1-7H3. The van der Waals surface area contributed by atoms with Crippen LogP contribution in [0.2, 0.25) is 0 Å². The number of aryl methyl sites for hydroxylation is 1. The lowest BCUT2D eigenvalue weighted by Crippen LogP contribution is -2.41. The predicted octanol–water partition coefficient (Wildman–Crippen LogP) is 4.14. The fourth-order valence-electron chi connectivity index (χ4n) is 3.61. The van der Waals surface area contributed by atoms with Crippen LogP contribution in [-0.4, -0.2) is 18.3 Å². The van der Waals surface area contributed by atoms with E-state index in [4.69, 9.17) is 9.31 Å². The van der Waals surface area contributed by atoms with E-state index < -0.39 is 0 Å². The number of hydrogen-bond donors (Lipinski definition) is 0. The molecule has 0 spiro atoms. The summed E-state index contributed by atoms with van der Waals surface area (Å²) < 4.78 is 12.4. The van der Waals surface area contributed by atoms with E-state index in [1.54, 1.807) is 0 Å². The highest BCUT2D eigenvalue weighted by atomic mass is 16.7. The van der Waals surface area contributed by atoms with Gasteiger partial charge in [0.2, 0.25) is 0 Å². The Morgan fingerprint density at radius 1 is 0.957 bits per heavy atom. The molecule has 1 saturated heterocycles. The summed E-state index contributed by atoms with van der Waals surface area (Å²) in [4.78, 5) is 0. The minimum Gasteiger partial charge on any atom is -0.399 e. The third-order valence-electron chi connectivity index (χ3n) is 6.71. The molecule has 126 valence electrons. The molecule has 3 rings (SSSR count). The van der Waals surface area contributed by atoms with Crippen molar-refractivity contribution in [2.24, 2.45) is 11.3 Å². The largest absolute Gasteiger partial charge is 0.494 e. The normalized spacial score (nSPS) is 29.0. The quantitative estimate of drug-likeness (QED) is 0.764. The number of fused-ring (bicyclic) bond motifs is 1. The van der Waals surface area contributed by atoms with Gasteiger partial charge in [-0.2, -0.15) is 0 Å². The van der Waals surface area contributed by atoms with Gasteiger partial charge in [-0.3, -0.25) is 0 Å². The molecule has 1 aromatic rings. The summed E-state index contributed by atoms with van der Waals surface area (Å²) in [5, 5.41) is 0. The molecule has 2 nitrogen and oxygen atoms in total. The highest BCUT2D eigenvalue weighted by Crippen LogP contribution is 2.41. The molecular weight excluding hydrogens is 283 g/mol. The molecule has 1 aliphatic heterocycles. The minimum absolute atomic E-state index is 0.247. The summed E-state index contributed by atoms with van der Waals surface area (Å²) >= 11 is 0. The summed E-state index contributed by atoms with van der Waals surface area (Å²) in [6.07, 6.45) is 3.62. The molecule has 1 unspecified atom stereocenters. The molecule has 1 fully saturated rings. The van der Waals surface area contributed by atoms with E-state index in [1.165, 1.54) is 24.0 Å². The first-order chi connectivity index (χ1) is 10.5. The maximum absolute atomic E-state index is 6.20. The summed E-state index contributed by atoms with van der Waals surface area (Å²) in [5.41, 5.74) is 4.03. The zero-order valence-electron chi connectivity index (χ0n) is 15.8. The van der Waals surface area contributed by atoms with Crippen LogP contribution in [-0.2, 0) is 22.2 Å². The first-order valence-electron chi connectivity index (χ1n) is 9.01. The van der Waals surface area contributed by atoms with Crippen LogP contribution in [0, 0.1) is 11.3 Å². The van der Waals surface area contributed by atoms with Crippen molar-refractivity contribution in [2.45, 2.75) is 78.9 Å². The minimum atomic E-state index is -0.274. The van der Waals surface area contributed by atoms with Crippen LogP contribution in [0.25, 0.3) is 0 Å². The lowest BCUT2D eigenvalue weighted by atomic mass is 9.65. The second kappa shape index (κ2) is 5.36. The molecule has 3 heteroatoms. The van der Waals surface area contributed by atoms with Crippen molar-refractivity contribution in [1.82, 2.24) is 0 Å². The summed E-state index contributed by atoms with van der Waals surface area (Å²) in [6, 6.07) is 6.82. The molecule has 0 N–H and O–H groups in total. The second-order valence-corrected chi connectivity index (χ2v) is 9.10. The van der Waals surface area contributed by atoms with E-state index in [2.05, 4.69) is 66.7 Å². The number of benzene rings is 1. The van der Waals surface area contributed by atoms with Gasteiger partial charge in [-0.05, 0) is 74.9 Å². The van der Waals surface area contributed by atoms with Crippen LogP contribution >= 0.6 is 0 Å². The van der Waals surface area contributed by atoms with Gasteiger partial charge in [-0.25, -0.2) is 0 Å². The Hall–Kier alpha value is -0.795. The monoisotopic (exact) mass is 314 g/mol. The van der Waals surface area contributed by atoms with E-state index in [0.29, 0.717) is 5.41 Å². The fourth-order valence-corrected chi connectivity index (χ4v) is 3.61. The summed E-state index contributed by atoms with van der Waals surface area (Å²) in [6.45, 7) is 15.6. The van der Waals surface area contributed by atoms with Crippen molar-refractivity contribution in [3.8, 4) is 0 Å². The number of rotatable bonds is 2. The zero-order valence-corrected chi connectivity index (χ0v) is 15.8. The Labute approximate surface area is 142 Å². The number of hydrogen-bond acceptors (Lipinski definition) is 2. The molecule has 1 heterocycles. The van der Waals surface area contributed by atoms with Gasteiger partial charge in [0, 0.05) is 0 Å². The molecule has 23 heavy (non-hydrogen) atoms. The molecule has 0 aromatic heterocycles. The van der Waals surface area contributed by atoms with Crippen molar-refractivity contribution < 1.29 is 9.31 Å². The zero-order chi connectivity index (χ0) is 17.0. The molecular formula is C20H31BO2. The van der Waals surface area contributed by atoms with E-state index in [0.717, 1.165) is 17.8 Å². The van der Waals surface area contributed by atoms with E-state index >= 15 is 0 Å². The van der Waals surface area contributed by atoms with Gasteiger partial charge in [0.25, 0.3) is 0 Å². The van der Waals surface area contributed by atoms with Gasteiger partial charge in [-0.15, -0.1) is 0 Å². The van der Waals surface area contributed by atoms with Gasteiger partial charge in [0.05, 0.1) is 11.2 Å². The topological polar surface area (TPSA) is 18.5 Å². The smallest absolute Gasteiger partial charge is 0.399 e. The fraction of sp³-hybridized carbons (Fsp3) is 0.700. The molecule has 0 bridgehead atoms. The SMILES string of the molecule is CC(C)C1(C)CCc2cc(B3OC(C)(C)C(C)(C)O3)ccc2C1. The average Bonchev–Trinajstić information content (AvgIpc) is 2.66. The molecule has 0 radical (unpaired) electrons. The third kappa shape index (κ3) is 2.87. The van der Waals surface area contributed by atoms with Crippen molar-refractivity contribution in [3.05, 3.63) is 29.3 Å². The Morgan fingerprint density at radius 3 is 2.13 bits per heavy atom. The molecule has 0 amide bonds. The van der Waals surface area contributed by atoms with Crippen molar-refractivity contribution in [3.63, 3.8) is 0 Å². The second-order valence-electron chi connectivity index (χ2n) is 9.10. The highest BCUT2D eigenvalue weighted by molar-refractivity contribution is 6.62. The Morgan fingerprint density at radius 2 is 1.57 bits per heavy atom. The predicted molar refractivity (Wildman–Crippen MR) is 97.1 cm³/mol. The lowest BCUT2D eigenvalue weighted by molar-refractivity contribution is 0.00578. The van der Waals surface area contributed by atoms with Gasteiger partial charge in [0.15, 0.2) is 0 Å². The van der Waals surface area contributed by atoms with Crippen molar-refractivity contribution >= 4 is 12.6 Å². The first-order valence-corrected chi connectivity index (χ1v) is 9.01. The Kier molecular flexibility index (Phi) is 3.97. The van der Waals surface area contributed by atoms with E-state index in [9.17, 15) is 0 Å². The Bertz CT molecular complexity index is 590. The molecule has 2 aliphatic rings. The van der Waals surface area contributed by atoms with Gasteiger partial charge in [-0.1, -0.05) is 39.0 Å². The van der Waals surface area contributed by atoms with Crippen molar-refractivity contribution in [1.29, 1.82) is 0 Å².